The van der Waals surface area contributed by atoms with E-state index in [-0.39, 0.29) is 0 Å². The molecule has 84 valence electrons. The molecule has 0 aliphatic heterocycles. The van der Waals surface area contributed by atoms with E-state index in [9.17, 15) is 0 Å². The van der Waals surface area contributed by atoms with Crippen LogP contribution in [0.15, 0.2) is 4.52 Å². The van der Waals surface area contributed by atoms with Crippen LogP contribution >= 0.6 is 0 Å². The smallest absolute Gasteiger partial charge is 0.240 e. The summed E-state index contributed by atoms with van der Waals surface area (Å²) in [6.45, 7) is 5.31. The average molecular weight is 211 g/mol. The van der Waals surface area contributed by atoms with Crippen LogP contribution in [-0.4, -0.2) is 28.9 Å². The Bertz CT molecular complexity index is 307. The SMILES string of the molecule is CCOC1CC(NCc2nc(C)no2)C1. The first-order chi connectivity index (χ1) is 7.28. The van der Waals surface area contributed by atoms with Crippen LogP contribution in [0.2, 0.25) is 0 Å². The van der Waals surface area contributed by atoms with E-state index in [1.54, 1.807) is 0 Å². The van der Waals surface area contributed by atoms with Crippen LogP contribution in [0.4, 0.5) is 0 Å². The van der Waals surface area contributed by atoms with Crippen LogP contribution in [0.3, 0.4) is 0 Å². The Morgan fingerprint density at radius 1 is 1.53 bits per heavy atom. The van der Waals surface area contributed by atoms with Crippen molar-refractivity contribution in [1.29, 1.82) is 0 Å². The van der Waals surface area contributed by atoms with Gasteiger partial charge in [0.05, 0.1) is 12.6 Å². The molecular formula is C10H17N3O2. The van der Waals surface area contributed by atoms with E-state index in [0.29, 0.717) is 30.4 Å². The number of hydrogen-bond donors (Lipinski definition) is 1. The Balaban J connectivity index is 1.64. The van der Waals surface area contributed by atoms with E-state index < -0.39 is 0 Å². The fourth-order valence-electron chi connectivity index (χ4n) is 1.75. The molecule has 0 bridgehead atoms. The molecule has 0 unspecified atom stereocenters. The highest BCUT2D eigenvalue weighted by molar-refractivity contribution is 4.89. The van der Waals surface area contributed by atoms with Gasteiger partial charge in [-0.25, -0.2) is 0 Å². The van der Waals surface area contributed by atoms with Gasteiger partial charge in [0.15, 0.2) is 5.82 Å². The maximum Gasteiger partial charge on any atom is 0.240 e. The maximum absolute atomic E-state index is 5.47. The predicted molar refractivity (Wildman–Crippen MR) is 54.3 cm³/mol. The molecule has 15 heavy (non-hydrogen) atoms. The van der Waals surface area contributed by atoms with E-state index in [1.165, 1.54) is 0 Å². The van der Waals surface area contributed by atoms with Gasteiger partial charge in [0.2, 0.25) is 5.89 Å². The molecule has 1 saturated carbocycles. The Hall–Kier alpha value is -0.940. The third-order valence-electron chi connectivity index (χ3n) is 2.61. The normalized spacial score (nSPS) is 25.2. The monoisotopic (exact) mass is 211 g/mol. The summed E-state index contributed by atoms with van der Waals surface area (Å²) in [5, 5.41) is 7.09. The lowest BCUT2D eigenvalue weighted by molar-refractivity contribution is -0.0107. The van der Waals surface area contributed by atoms with Gasteiger partial charge in [-0.05, 0) is 26.7 Å². The summed E-state index contributed by atoms with van der Waals surface area (Å²) >= 11 is 0. The number of hydrogen-bond acceptors (Lipinski definition) is 5. The van der Waals surface area contributed by atoms with E-state index in [1.807, 2.05) is 13.8 Å². The second kappa shape index (κ2) is 4.72. The van der Waals surface area contributed by atoms with Gasteiger partial charge < -0.3 is 14.6 Å². The molecule has 2 rings (SSSR count). The minimum atomic E-state index is 0.442. The Morgan fingerprint density at radius 3 is 2.93 bits per heavy atom. The lowest BCUT2D eigenvalue weighted by Gasteiger charge is -2.35. The highest BCUT2D eigenvalue weighted by Gasteiger charge is 2.29. The van der Waals surface area contributed by atoms with E-state index >= 15 is 0 Å². The quantitative estimate of drug-likeness (QED) is 0.788. The molecular weight excluding hydrogens is 194 g/mol. The zero-order chi connectivity index (χ0) is 10.7. The number of ether oxygens (including phenoxy) is 1. The van der Waals surface area contributed by atoms with E-state index in [2.05, 4.69) is 15.5 Å². The number of nitrogens with zero attached hydrogens (tertiary/aromatic N) is 2. The van der Waals surface area contributed by atoms with Gasteiger partial charge in [-0.1, -0.05) is 5.16 Å². The van der Waals surface area contributed by atoms with Crippen LogP contribution < -0.4 is 5.32 Å². The molecule has 0 radical (unpaired) electrons. The van der Waals surface area contributed by atoms with Crippen LogP contribution in [-0.2, 0) is 11.3 Å². The molecule has 0 amide bonds. The minimum absolute atomic E-state index is 0.442. The van der Waals surface area contributed by atoms with Gasteiger partial charge in [0.1, 0.15) is 0 Å². The van der Waals surface area contributed by atoms with Crippen molar-refractivity contribution in [2.45, 2.75) is 45.4 Å². The standard InChI is InChI=1S/C10H17N3O2/c1-3-14-9-4-8(5-9)11-6-10-12-7(2)13-15-10/h8-9,11H,3-6H2,1-2H3. The Labute approximate surface area is 89.2 Å². The fourth-order valence-corrected chi connectivity index (χ4v) is 1.75. The van der Waals surface area contributed by atoms with Crippen molar-refractivity contribution in [1.82, 2.24) is 15.5 Å². The average Bonchev–Trinajstić information content (AvgIpc) is 2.55. The van der Waals surface area contributed by atoms with Crippen molar-refractivity contribution in [2.75, 3.05) is 6.61 Å². The largest absolute Gasteiger partial charge is 0.378 e. The summed E-state index contributed by atoms with van der Waals surface area (Å²) in [6.07, 6.45) is 2.61. The van der Waals surface area contributed by atoms with Crippen molar-refractivity contribution in [2.24, 2.45) is 0 Å². The van der Waals surface area contributed by atoms with Crippen molar-refractivity contribution in [3.8, 4) is 0 Å². The van der Waals surface area contributed by atoms with Crippen LogP contribution in [0.1, 0.15) is 31.5 Å². The van der Waals surface area contributed by atoms with Gasteiger partial charge >= 0.3 is 0 Å². The predicted octanol–water partition coefficient (Wildman–Crippen LogP) is 1.04. The number of rotatable bonds is 5. The van der Waals surface area contributed by atoms with Crippen molar-refractivity contribution in [3.63, 3.8) is 0 Å². The summed E-state index contributed by atoms with van der Waals surface area (Å²) in [5.41, 5.74) is 0. The van der Waals surface area contributed by atoms with Crippen molar-refractivity contribution in [3.05, 3.63) is 11.7 Å². The molecule has 0 saturated heterocycles. The molecule has 0 spiro atoms. The lowest BCUT2D eigenvalue weighted by atomic mass is 9.89. The first-order valence-corrected chi connectivity index (χ1v) is 5.42. The second-order valence-corrected chi connectivity index (χ2v) is 3.86. The summed E-state index contributed by atoms with van der Waals surface area (Å²) in [6, 6.07) is 0.536. The van der Waals surface area contributed by atoms with Gasteiger partial charge in [-0.15, -0.1) is 0 Å². The summed E-state index contributed by atoms with van der Waals surface area (Å²) < 4.78 is 10.5. The maximum atomic E-state index is 5.47. The Kier molecular flexibility index (Phi) is 3.33. The highest BCUT2D eigenvalue weighted by Crippen LogP contribution is 2.23. The van der Waals surface area contributed by atoms with Crippen molar-refractivity contribution >= 4 is 0 Å². The number of aryl methyl sites for hydroxylation is 1. The van der Waals surface area contributed by atoms with Crippen LogP contribution in [0, 0.1) is 6.92 Å². The van der Waals surface area contributed by atoms with Gasteiger partial charge in [-0.2, -0.15) is 4.98 Å². The van der Waals surface area contributed by atoms with Crippen LogP contribution in [0.25, 0.3) is 0 Å². The molecule has 1 heterocycles. The van der Waals surface area contributed by atoms with Crippen LogP contribution in [0.5, 0.6) is 0 Å². The minimum Gasteiger partial charge on any atom is -0.378 e. The summed E-state index contributed by atoms with van der Waals surface area (Å²) in [5.74, 6) is 1.35. The first kappa shape index (κ1) is 10.6. The molecule has 1 aromatic heterocycles. The molecule has 1 fully saturated rings. The molecule has 5 nitrogen and oxygen atoms in total. The third-order valence-corrected chi connectivity index (χ3v) is 2.61. The lowest BCUT2D eigenvalue weighted by Crippen LogP contribution is -2.45. The summed E-state index contributed by atoms with van der Waals surface area (Å²) in [7, 11) is 0. The van der Waals surface area contributed by atoms with Gasteiger partial charge in [0, 0.05) is 12.6 Å². The molecule has 0 atom stereocenters. The van der Waals surface area contributed by atoms with Crippen molar-refractivity contribution < 1.29 is 9.26 Å². The number of nitrogens with one attached hydrogen (secondary N) is 1. The highest BCUT2D eigenvalue weighted by atomic mass is 16.5. The van der Waals surface area contributed by atoms with E-state index in [0.717, 1.165) is 19.4 Å². The molecule has 1 N–H and O–H groups in total. The third kappa shape index (κ3) is 2.76. The molecule has 1 aromatic rings. The Morgan fingerprint density at radius 2 is 2.33 bits per heavy atom. The summed E-state index contributed by atoms with van der Waals surface area (Å²) in [4.78, 5) is 4.12. The zero-order valence-corrected chi connectivity index (χ0v) is 9.19. The second-order valence-electron chi connectivity index (χ2n) is 3.86. The fraction of sp³-hybridized carbons (Fsp3) is 0.800. The topological polar surface area (TPSA) is 60.2 Å². The molecule has 5 heteroatoms. The zero-order valence-electron chi connectivity index (χ0n) is 9.19. The van der Waals surface area contributed by atoms with E-state index in [4.69, 9.17) is 9.26 Å². The number of aromatic nitrogens is 2. The van der Waals surface area contributed by atoms with Gasteiger partial charge in [-0.3, -0.25) is 0 Å². The molecule has 0 aromatic carbocycles. The first-order valence-electron chi connectivity index (χ1n) is 5.42. The molecule has 1 aliphatic rings. The van der Waals surface area contributed by atoms with Gasteiger partial charge in [0.25, 0.3) is 0 Å². The molecule has 1 aliphatic carbocycles.